The van der Waals surface area contributed by atoms with E-state index in [1.165, 1.54) is 6.07 Å². The van der Waals surface area contributed by atoms with Crippen LogP contribution < -0.4 is 5.73 Å². The third-order valence-electron chi connectivity index (χ3n) is 3.38. The van der Waals surface area contributed by atoms with E-state index in [9.17, 15) is 9.18 Å². The number of carbonyl (C=O) groups is 1. The average Bonchev–Trinajstić information content (AvgIpc) is 2.58. The maximum atomic E-state index is 13.7. The molecule has 0 saturated carbocycles. The number of nitrogens with zero attached hydrogens (tertiary/aromatic N) is 1. The van der Waals surface area contributed by atoms with E-state index < -0.39 is 0 Å². The number of hydrogen-bond donors (Lipinski definition) is 1. The van der Waals surface area contributed by atoms with Crippen LogP contribution in [0.15, 0.2) is 18.2 Å². The molecule has 18 heavy (non-hydrogen) atoms. The fourth-order valence-electron chi connectivity index (χ4n) is 2.29. The SMILES string of the molecule is NCc1ccc(F)c(CN2CCCCCC2=O)c1. The smallest absolute Gasteiger partial charge is 0.222 e. The molecule has 1 aromatic carbocycles. The predicted octanol–water partition coefficient (Wildman–Crippen LogP) is 2.19. The topological polar surface area (TPSA) is 46.3 Å². The monoisotopic (exact) mass is 250 g/mol. The molecule has 1 aliphatic rings. The minimum atomic E-state index is -0.260. The summed E-state index contributed by atoms with van der Waals surface area (Å²) in [6.45, 7) is 1.48. The van der Waals surface area contributed by atoms with Crippen LogP contribution in [0.4, 0.5) is 4.39 Å². The lowest BCUT2D eigenvalue weighted by Gasteiger charge is -2.21. The fourth-order valence-corrected chi connectivity index (χ4v) is 2.29. The summed E-state index contributed by atoms with van der Waals surface area (Å²) in [4.78, 5) is 13.6. The van der Waals surface area contributed by atoms with Gasteiger partial charge in [0.15, 0.2) is 0 Å². The van der Waals surface area contributed by atoms with E-state index in [1.54, 1.807) is 17.0 Å². The highest BCUT2D eigenvalue weighted by Gasteiger charge is 2.18. The van der Waals surface area contributed by atoms with Gasteiger partial charge in [-0.2, -0.15) is 0 Å². The molecule has 98 valence electrons. The van der Waals surface area contributed by atoms with Crippen LogP contribution in [0.1, 0.15) is 36.8 Å². The summed E-state index contributed by atoms with van der Waals surface area (Å²) in [5, 5.41) is 0. The highest BCUT2D eigenvalue weighted by atomic mass is 19.1. The second-order valence-electron chi connectivity index (χ2n) is 4.76. The maximum absolute atomic E-state index is 13.7. The van der Waals surface area contributed by atoms with Gasteiger partial charge in [0.1, 0.15) is 5.82 Å². The van der Waals surface area contributed by atoms with Crippen LogP contribution in [-0.4, -0.2) is 17.4 Å². The fraction of sp³-hybridized carbons (Fsp3) is 0.500. The molecule has 0 aliphatic carbocycles. The van der Waals surface area contributed by atoms with Crippen molar-refractivity contribution in [3.8, 4) is 0 Å². The van der Waals surface area contributed by atoms with Crippen LogP contribution >= 0.6 is 0 Å². The molecule has 1 saturated heterocycles. The van der Waals surface area contributed by atoms with Gasteiger partial charge in [0.05, 0.1) is 0 Å². The lowest BCUT2D eigenvalue weighted by Crippen LogP contribution is -2.30. The van der Waals surface area contributed by atoms with Crippen molar-refractivity contribution in [2.45, 2.75) is 38.8 Å². The Hall–Kier alpha value is -1.42. The Labute approximate surface area is 107 Å². The molecular formula is C14H19FN2O. The van der Waals surface area contributed by atoms with Gasteiger partial charge in [-0.1, -0.05) is 12.5 Å². The van der Waals surface area contributed by atoms with Gasteiger partial charge < -0.3 is 10.6 Å². The lowest BCUT2D eigenvalue weighted by molar-refractivity contribution is -0.131. The Morgan fingerprint density at radius 1 is 1.28 bits per heavy atom. The maximum Gasteiger partial charge on any atom is 0.222 e. The molecule has 0 radical (unpaired) electrons. The molecule has 4 heteroatoms. The van der Waals surface area contributed by atoms with Gasteiger partial charge in [-0.15, -0.1) is 0 Å². The van der Waals surface area contributed by atoms with Crippen LogP contribution in [0, 0.1) is 5.82 Å². The van der Waals surface area contributed by atoms with Crippen LogP contribution in [0.2, 0.25) is 0 Å². The number of halogens is 1. The van der Waals surface area contributed by atoms with Gasteiger partial charge in [-0.05, 0) is 30.5 Å². The van der Waals surface area contributed by atoms with Gasteiger partial charge in [-0.25, -0.2) is 4.39 Å². The van der Waals surface area contributed by atoms with Gasteiger partial charge in [0.25, 0.3) is 0 Å². The third-order valence-corrected chi connectivity index (χ3v) is 3.38. The second kappa shape index (κ2) is 5.96. The summed E-state index contributed by atoms with van der Waals surface area (Å²) in [5.74, 6) is -0.130. The third kappa shape index (κ3) is 3.07. The second-order valence-corrected chi connectivity index (χ2v) is 4.76. The zero-order valence-electron chi connectivity index (χ0n) is 10.5. The largest absolute Gasteiger partial charge is 0.338 e. The van der Waals surface area contributed by atoms with Crippen molar-refractivity contribution < 1.29 is 9.18 Å². The Balaban J connectivity index is 2.14. The van der Waals surface area contributed by atoms with Gasteiger partial charge in [-0.3, -0.25) is 4.79 Å². The summed E-state index contributed by atoms with van der Waals surface area (Å²) in [5.41, 5.74) is 7.01. The number of nitrogens with two attached hydrogens (primary N) is 1. The molecule has 1 aromatic rings. The molecule has 0 spiro atoms. The molecule has 2 N–H and O–H groups in total. The van der Waals surface area contributed by atoms with E-state index in [-0.39, 0.29) is 11.7 Å². The number of carbonyl (C=O) groups excluding carboxylic acids is 1. The molecule has 0 unspecified atom stereocenters. The number of likely N-dealkylation sites (tertiary alicyclic amines) is 1. The standard InChI is InChI=1S/C14H19FN2O/c15-13-6-5-11(9-16)8-12(13)10-17-7-3-1-2-4-14(17)18/h5-6,8H,1-4,7,9-10,16H2. The zero-order chi connectivity index (χ0) is 13.0. The van der Waals surface area contributed by atoms with Crippen molar-refractivity contribution in [3.63, 3.8) is 0 Å². The summed E-state index contributed by atoms with van der Waals surface area (Å²) >= 11 is 0. The van der Waals surface area contributed by atoms with E-state index in [4.69, 9.17) is 5.73 Å². The van der Waals surface area contributed by atoms with Crippen LogP contribution in [0.5, 0.6) is 0 Å². The molecule has 1 fully saturated rings. The van der Waals surface area contributed by atoms with E-state index in [2.05, 4.69) is 0 Å². The average molecular weight is 250 g/mol. The lowest BCUT2D eigenvalue weighted by atomic mass is 10.1. The quantitative estimate of drug-likeness (QED) is 0.893. The van der Waals surface area contributed by atoms with Crippen molar-refractivity contribution in [1.82, 2.24) is 4.90 Å². The first-order valence-electron chi connectivity index (χ1n) is 6.46. The van der Waals surface area contributed by atoms with E-state index >= 15 is 0 Å². The summed E-state index contributed by atoms with van der Waals surface area (Å²) in [6.07, 6.45) is 3.61. The molecule has 2 rings (SSSR count). The molecule has 0 bridgehead atoms. The molecule has 1 heterocycles. The van der Waals surface area contributed by atoms with Crippen LogP contribution in [-0.2, 0) is 17.9 Å². The number of amides is 1. The highest BCUT2D eigenvalue weighted by Crippen LogP contribution is 2.17. The van der Waals surface area contributed by atoms with E-state index in [0.29, 0.717) is 25.1 Å². The Morgan fingerprint density at radius 3 is 2.89 bits per heavy atom. The number of rotatable bonds is 3. The van der Waals surface area contributed by atoms with Gasteiger partial charge in [0, 0.05) is 31.6 Å². The molecule has 0 atom stereocenters. The Morgan fingerprint density at radius 2 is 2.11 bits per heavy atom. The normalized spacial score (nSPS) is 16.8. The molecule has 0 aromatic heterocycles. The summed E-state index contributed by atoms with van der Waals surface area (Å²) in [7, 11) is 0. The molecule has 1 aliphatic heterocycles. The predicted molar refractivity (Wildman–Crippen MR) is 68.2 cm³/mol. The number of benzene rings is 1. The molecule has 3 nitrogen and oxygen atoms in total. The Bertz CT molecular complexity index is 434. The minimum Gasteiger partial charge on any atom is -0.338 e. The van der Waals surface area contributed by atoms with Crippen LogP contribution in [0.25, 0.3) is 0 Å². The summed E-state index contributed by atoms with van der Waals surface area (Å²) in [6, 6.07) is 4.87. The van der Waals surface area contributed by atoms with Crippen molar-refractivity contribution in [3.05, 3.63) is 35.1 Å². The summed E-state index contributed by atoms with van der Waals surface area (Å²) < 4.78 is 13.7. The Kier molecular flexibility index (Phi) is 4.31. The highest BCUT2D eigenvalue weighted by molar-refractivity contribution is 5.76. The zero-order valence-corrected chi connectivity index (χ0v) is 10.5. The number of hydrogen-bond acceptors (Lipinski definition) is 2. The van der Waals surface area contributed by atoms with E-state index in [0.717, 1.165) is 31.4 Å². The van der Waals surface area contributed by atoms with Crippen molar-refractivity contribution >= 4 is 5.91 Å². The first-order chi connectivity index (χ1) is 8.70. The van der Waals surface area contributed by atoms with Gasteiger partial charge >= 0.3 is 0 Å². The first kappa shape index (κ1) is 13.0. The van der Waals surface area contributed by atoms with Crippen molar-refractivity contribution in [1.29, 1.82) is 0 Å². The van der Waals surface area contributed by atoms with Crippen molar-refractivity contribution in [2.75, 3.05) is 6.54 Å². The first-order valence-corrected chi connectivity index (χ1v) is 6.46. The molecular weight excluding hydrogens is 231 g/mol. The van der Waals surface area contributed by atoms with Crippen LogP contribution in [0.3, 0.4) is 0 Å². The van der Waals surface area contributed by atoms with Gasteiger partial charge in [0.2, 0.25) is 5.91 Å². The minimum absolute atomic E-state index is 0.130. The van der Waals surface area contributed by atoms with Crippen molar-refractivity contribution in [2.24, 2.45) is 5.73 Å². The molecule has 1 amide bonds. The van der Waals surface area contributed by atoms with E-state index in [1.807, 2.05) is 0 Å².